The highest BCUT2D eigenvalue weighted by molar-refractivity contribution is 5.73. The molecule has 0 radical (unpaired) electrons. The summed E-state index contributed by atoms with van der Waals surface area (Å²) < 4.78 is 0. The van der Waals surface area contributed by atoms with Crippen LogP contribution < -0.4 is 5.32 Å². The van der Waals surface area contributed by atoms with E-state index in [9.17, 15) is 4.79 Å². The van der Waals surface area contributed by atoms with Gasteiger partial charge in [-0.25, -0.2) is 0 Å². The number of nitrogens with one attached hydrogen (secondary N) is 1. The first-order valence-electron chi connectivity index (χ1n) is 9.51. The molecule has 4 rings (SSSR count). The molecule has 0 aliphatic carbocycles. The standard InChI is InChI=1S/C22H27N3O/c1-17(26)23-21-11-22-16-24(12-18-7-3-2-4-8-18)13-19-9-5-6-10-20(19)14-25(22)15-21/h2-10,21-22H,11-16H2,1H3,(H,23,26)/t21-,22-/m0/s1. The van der Waals surface area contributed by atoms with Crippen molar-refractivity contribution in [3.8, 4) is 0 Å². The second-order valence-corrected chi connectivity index (χ2v) is 7.64. The van der Waals surface area contributed by atoms with Gasteiger partial charge in [0.15, 0.2) is 0 Å². The number of hydrogen-bond donors (Lipinski definition) is 1. The molecule has 1 amide bonds. The molecule has 0 saturated carbocycles. The maximum absolute atomic E-state index is 11.5. The van der Waals surface area contributed by atoms with E-state index < -0.39 is 0 Å². The zero-order chi connectivity index (χ0) is 17.9. The summed E-state index contributed by atoms with van der Waals surface area (Å²) in [6.45, 7) is 6.53. The Morgan fingerprint density at radius 1 is 1.00 bits per heavy atom. The van der Waals surface area contributed by atoms with Crippen molar-refractivity contribution in [1.29, 1.82) is 0 Å². The molecule has 0 spiro atoms. The predicted molar refractivity (Wildman–Crippen MR) is 103 cm³/mol. The first-order chi connectivity index (χ1) is 12.7. The molecule has 4 nitrogen and oxygen atoms in total. The van der Waals surface area contributed by atoms with Gasteiger partial charge in [0.1, 0.15) is 0 Å². The molecule has 0 aromatic heterocycles. The molecule has 1 N–H and O–H groups in total. The van der Waals surface area contributed by atoms with Crippen LogP contribution in [0.15, 0.2) is 54.6 Å². The fourth-order valence-electron chi connectivity index (χ4n) is 4.41. The van der Waals surface area contributed by atoms with Gasteiger partial charge in [0.2, 0.25) is 5.91 Å². The summed E-state index contributed by atoms with van der Waals surface area (Å²) in [5.41, 5.74) is 4.19. The van der Waals surface area contributed by atoms with Gasteiger partial charge >= 0.3 is 0 Å². The summed E-state index contributed by atoms with van der Waals surface area (Å²) in [5, 5.41) is 3.13. The van der Waals surface area contributed by atoms with Crippen molar-refractivity contribution >= 4 is 5.91 Å². The van der Waals surface area contributed by atoms with E-state index in [1.807, 2.05) is 0 Å². The molecule has 4 heteroatoms. The van der Waals surface area contributed by atoms with Crippen LogP contribution in [0.25, 0.3) is 0 Å². The predicted octanol–water partition coefficient (Wildman–Crippen LogP) is 2.78. The molecule has 136 valence electrons. The fraction of sp³-hybridized carbons (Fsp3) is 0.409. The number of rotatable bonds is 3. The monoisotopic (exact) mass is 349 g/mol. The number of hydrogen-bond acceptors (Lipinski definition) is 3. The lowest BCUT2D eigenvalue weighted by molar-refractivity contribution is -0.119. The molecular formula is C22H27N3O. The van der Waals surface area contributed by atoms with Crippen LogP contribution in [0.2, 0.25) is 0 Å². The topological polar surface area (TPSA) is 35.6 Å². The largest absolute Gasteiger partial charge is 0.352 e. The van der Waals surface area contributed by atoms with Crippen molar-refractivity contribution in [2.75, 3.05) is 13.1 Å². The molecule has 0 unspecified atom stereocenters. The Bertz CT molecular complexity index is 761. The van der Waals surface area contributed by atoms with Crippen LogP contribution in [0.4, 0.5) is 0 Å². The van der Waals surface area contributed by atoms with E-state index in [0.29, 0.717) is 6.04 Å². The number of carbonyl (C=O) groups is 1. The van der Waals surface area contributed by atoms with Gasteiger partial charge in [0, 0.05) is 51.7 Å². The SMILES string of the molecule is CC(=O)N[C@H]1C[C@H]2CN(Cc3ccccc3)Cc3ccccc3CN2C1. The maximum Gasteiger partial charge on any atom is 0.217 e. The van der Waals surface area contributed by atoms with Crippen LogP contribution in [0.1, 0.15) is 30.0 Å². The summed E-state index contributed by atoms with van der Waals surface area (Å²) in [6.07, 6.45) is 1.03. The second kappa shape index (κ2) is 7.60. The normalized spacial score (nSPS) is 23.6. The summed E-state index contributed by atoms with van der Waals surface area (Å²) in [6, 6.07) is 20.3. The average Bonchev–Trinajstić information content (AvgIpc) is 2.95. The van der Waals surface area contributed by atoms with E-state index in [0.717, 1.165) is 39.1 Å². The van der Waals surface area contributed by atoms with E-state index in [1.54, 1.807) is 6.92 Å². The third kappa shape index (κ3) is 3.97. The first-order valence-corrected chi connectivity index (χ1v) is 9.51. The van der Waals surface area contributed by atoms with Crippen LogP contribution in [0.5, 0.6) is 0 Å². The zero-order valence-corrected chi connectivity index (χ0v) is 15.4. The molecule has 1 fully saturated rings. The summed E-state index contributed by atoms with van der Waals surface area (Å²) in [5.74, 6) is 0.0759. The maximum atomic E-state index is 11.5. The third-order valence-electron chi connectivity index (χ3n) is 5.54. The zero-order valence-electron chi connectivity index (χ0n) is 15.4. The van der Waals surface area contributed by atoms with E-state index in [2.05, 4.69) is 69.7 Å². The smallest absolute Gasteiger partial charge is 0.217 e. The summed E-state index contributed by atoms with van der Waals surface area (Å²) in [4.78, 5) is 16.6. The lowest BCUT2D eigenvalue weighted by atomic mass is 10.0. The Kier molecular flexibility index (Phi) is 5.05. The van der Waals surface area contributed by atoms with Gasteiger partial charge in [-0.05, 0) is 23.1 Å². The van der Waals surface area contributed by atoms with E-state index >= 15 is 0 Å². The van der Waals surface area contributed by atoms with Crippen molar-refractivity contribution in [2.45, 2.75) is 45.1 Å². The second-order valence-electron chi connectivity index (χ2n) is 7.64. The van der Waals surface area contributed by atoms with Gasteiger partial charge in [-0.15, -0.1) is 0 Å². The Morgan fingerprint density at radius 3 is 2.42 bits per heavy atom. The fourth-order valence-corrected chi connectivity index (χ4v) is 4.41. The van der Waals surface area contributed by atoms with E-state index in [4.69, 9.17) is 0 Å². The molecular weight excluding hydrogens is 322 g/mol. The molecule has 26 heavy (non-hydrogen) atoms. The summed E-state index contributed by atoms with van der Waals surface area (Å²) in [7, 11) is 0. The minimum atomic E-state index is 0.0759. The van der Waals surface area contributed by atoms with Crippen LogP contribution in [-0.2, 0) is 24.4 Å². The van der Waals surface area contributed by atoms with Crippen molar-refractivity contribution < 1.29 is 4.79 Å². The molecule has 2 aliphatic heterocycles. The van der Waals surface area contributed by atoms with Crippen molar-refractivity contribution in [2.24, 2.45) is 0 Å². The number of benzene rings is 2. The number of amides is 1. The number of nitrogens with zero attached hydrogens (tertiary/aromatic N) is 2. The van der Waals surface area contributed by atoms with Crippen molar-refractivity contribution in [3.05, 3.63) is 71.3 Å². The number of fused-ring (bicyclic) bond motifs is 2. The van der Waals surface area contributed by atoms with Gasteiger partial charge in [0.05, 0.1) is 0 Å². The Hall–Kier alpha value is -2.17. The quantitative estimate of drug-likeness (QED) is 0.926. The molecule has 2 aromatic carbocycles. The van der Waals surface area contributed by atoms with E-state index in [1.165, 1.54) is 16.7 Å². The highest BCUT2D eigenvalue weighted by Crippen LogP contribution is 2.27. The average molecular weight is 349 g/mol. The first kappa shape index (κ1) is 17.3. The van der Waals surface area contributed by atoms with Crippen LogP contribution in [0, 0.1) is 0 Å². The Labute approximate surface area is 155 Å². The van der Waals surface area contributed by atoms with Crippen molar-refractivity contribution in [3.63, 3.8) is 0 Å². The van der Waals surface area contributed by atoms with E-state index in [-0.39, 0.29) is 11.9 Å². The summed E-state index contributed by atoms with van der Waals surface area (Å²) >= 11 is 0. The van der Waals surface area contributed by atoms with Crippen LogP contribution in [-0.4, -0.2) is 40.9 Å². The minimum Gasteiger partial charge on any atom is -0.352 e. The molecule has 0 bridgehead atoms. The Balaban J connectivity index is 1.58. The van der Waals surface area contributed by atoms with Gasteiger partial charge in [-0.3, -0.25) is 14.6 Å². The lowest BCUT2D eigenvalue weighted by Crippen LogP contribution is -2.41. The Morgan fingerprint density at radius 2 is 1.69 bits per heavy atom. The van der Waals surface area contributed by atoms with Crippen LogP contribution >= 0.6 is 0 Å². The molecule has 2 aliphatic rings. The highest BCUT2D eigenvalue weighted by atomic mass is 16.1. The highest BCUT2D eigenvalue weighted by Gasteiger charge is 2.35. The van der Waals surface area contributed by atoms with Gasteiger partial charge in [0.25, 0.3) is 0 Å². The molecule has 2 heterocycles. The number of carbonyl (C=O) groups excluding carboxylic acids is 1. The molecule has 2 aromatic rings. The molecule has 2 atom stereocenters. The van der Waals surface area contributed by atoms with Gasteiger partial charge in [-0.1, -0.05) is 54.6 Å². The van der Waals surface area contributed by atoms with Crippen molar-refractivity contribution in [1.82, 2.24) is 15.1 Å². The minimum absolute atomic E-state index is 0.0759. The van der Waals surface area contributed by atoms with Crippen LogP contribution in [0.3, 0.4) is 0 Å². The van der Waals surface area contributed by atoms with Gasteiger partial charge < -0.3 is 5.32 Å². The third-order valence-corrected chi connectivity index (χ3v) is 5.54. The lowest BCUT2D eigenvalue weighted by Gasteiger charge is -2.34. The van der Waals surface area contributed by atoms with Gasteiger partial charge in [-0.2, -0.15) is 0 Å². The molecule has 1 saturated heterocycles.